The summed E-state index contributed by atoms with van der Waals surface area (Å²) in [6.07, 6.45) is 5.82. The zero-order chi connectivity index (χ0) is 15.9. The normalized spacial score (nSPS) is 24.7. The van der Waals surface area contributed by atoms with Crippen molar-refractivity contribution in [1.82, 2.24) is 0 Å². The van der Waals surface area contributed by atoms with Gasteiger partial charge in [0.25, 0.3) is 0 Å². The predicted octanol–water partition coefficient (Wildman–Crippen LogP) is 2.63. The molecule has 2 aliphatic rings. The Bertz CT molecular complexity index is 310. The first-order valence-electron chi connectivity index (χ1n) is 9.57. The Morgan fingerprint density at radius 3 is 2.05 bits per heavy atom. The molecule has 0 aromatic carbocycles. The molecule has 0 spiro atoms. The molecule has 2 rings (SSSR count). The molecule has 0 saturated carbocycles. The molecule has 0 radical (unpaired) electrons. The van der Waals surface area contributed by atoms with Crippen molar-refractivity contribution in [2.45, 2.75) is 52.7 Å². The molecule has 0 aliphatic carbocycles. The zero-order valence-corrected chi connectivity index (χ0v) is 15.2. The average Bonchev–Trinajstić information content (AvgIpc) is 3.20. The highest BCUT2D eigenvalue weighted by Gasteiger charge is 2.36. The van der Waals surface area contributed by atoms with Gasteiger partial charge in [0, 0.05) is 32.6 Å². The summed E-state index contributed by atoms with van der Waals surface area (Å²) >= 11 is 0. The van der Waals surface area contributed by atoms with Crippen LogP contribution in [-0.4, -0.2) is 80.8 Å². The molecule has 4 heteroatoms. The van der Waals surface area contributed by atoms with Crippen LogP contribution in [0.2, 0.25) is 0 Å². The van der Waals surface area contributed by atoms with E-state index >= 15 is 0 Å². The zero-order valence-electron chi connectivity index (χ0n) is 15.2. The van der Waals surface area contributed by atoms with Crippen molar-refractivity contribution in [3.8, 4) is 0 Å². The fourth-order valence-corrected chi connectivity index (χ4v) is 4.40. The summed E-state index contributed by atoms with van der Waals surface area (Å²) < 4.78 is 14.4. The third-order valence-corrected chi connectivity index (χ3v) is 6.34. The minimum Gasteiger partial charge on any atom is -0.373 e. The first-order valence-corrected chi connectivity index (χ1v) is 9.57. The first kappa shape index (κ1) is 18.2. The molecule has 1 unspecified atom stereocenters. The van der Waals surface area contributed by atoms with E-state index in [1.54, 1.807) is 0 Å². The number of nitrogens with zero attached hydrogens (tertiary/aromatic N) is 2. The van der Waals surface area contributed by atoms with Crippen LogP contribution in [0, 0.1) is 0 Å². The van der Waals surface area contributed by atoms with Gasteiger partial charge in [-0.3, -0.25) is 4.48 Å². The molecule has 0 amide bonds. The van der Waals surface area contributed by atoms with Gasteiger partial charge in [0.2, 0.25) is 0 Å². The minimum atomic E-state index is 0.323. The fraction of sp³-hybridized carbons (Fsp3) is 1.00. The second-order valence-electron chi connectivity index (χ2n) is 7.31. The number of hydrogen-bond donors (Lipinski definition) is 0. The van der Waals surface area contributed by atoms with Crippen LogP contribution in [-0.2, 0) is 9.47 Å². The van der Waals surface area contributed by atoms with Gasteiger partial charge in [-0.25, -0.2) is 0 Å². The molecular formula is C18H38N2O2+2. The van der Waals surface area contributed by atoms with E-state index in [9.17, 15) is 0 Å². The van der Waals surface area contributed by atoms with Crippen molar-refractivity contribution < 1.29 is 18.4 Å². The van der Waals surface area contributed by atoms with Gasteiger partial charge in [-0.2, -0.15) is 0 Å². The lowest BCUT2D eigenvalue weighted by Crippen LogP contribution is -2.53. The van der Waals surface area contributed by atoms with Crippen LogP contribution in [0.4, 0.5) is 0 Å². The number of likely N-dealkylation sites (tertiary alicyclic amines) is 2. The van der Waals surface area contributed by atoms with E-state index in [-0.39, 0.29) is 0 Å². The summed E-state index contributed by atoms with van der Waals surface area (Å²) in [4.78, 5) is 0. The van der Waals surface area contributed by atoms with Gasteiger partial charge in [0.1, 0.15) is 6.54 Å². The van der Waals surface area contributed by atoms with E-state index in [1.165, 1.54) is 76.0 Å². The molecule has 1 atom stereocenters. The quantitative estimate of drug-likeness (QED) is 0.456. The Kier molecular flexibility index (Phi) is 7.13. The molecule has 130 valence electrons. The summed E-state index contributed by atoms with van der Waals surface area (Å²) in [5.74, 6) is 0. The molecular weight excluding hydrogens is 276 g/mol. The molecule has 2 saturated heterocycles. The van der Waals surface area contributed by atoms with Gasteiger partial charge in [-0.15, -0.1) is 0 Å². The van der Waals surface area contributed by atoms with E-state index in [2.05, 4.69) is 20.8 Å². The summed E-state index contributed by atoms with van der Waals surface area (Å²) in [6.45, 7) is 18.1. The van der Waals surface area contributed by atoms with E-state index in [0.717, 1.165) is 24.3 Å². The van der Waals surface area contributed by atoms with E-state index in [0.29, 0.717) is 6.23 Å². The molecule has 22 heavy (non-hydrogen) atoms. The smallest absolute Gasteiger partial charge is 0.190 e. The predicted molar refractivity (Wildman–Crippen MR) is 90.6 cm³/mol. The molecule has 4 nitrogen and oxygen atoms in total. The number of likely N-dealkylation sites (N-methyl/N-ethyl adjacent to an activating group) is 1. The van der Waals surface area contributed by atoms with Crippen LogP contribution in [0.5, 0.6) is 0 Å². The van der Waals surface area contributed by atoms with Crippen molar-refractivity contribution in [2.75, 3.05) is 65.6 Å². The van der Waals surface area contributed by atoms with Gasteiger partial charge in [0.15, 0.2) is 6.23 Å². The van der Waals surface area contributed by atoms with Crippen molar-refractivity contribution in [3.63, 3.8) is 0 Å². The first-order chi connectivity index (χ1) is 10.7. The lowest BCUT2D eigenvalue weighted by molar-refractivity contribution is -0.958. The fourth-order valence-electron chi connectivity index (χ4n) is 4.40. The van der Waals surface area contributed by atoms with Crippen LogP contribution < -0.4 is 0 Å². The minimum absolute atomic E-state index is 0.323. The second-order valence-corrected chi connectivity index (χ2v) is 7.31. The van der Waals surface area contributed by atoms with Crippen LogP contribution in [0.25, 0.3) is 0 Å². The van der Waals surface area contributed by atoms with Crippen LogP contribution in [0.1, 0.15) is 46.5 Å². The van der Waals surface area contributed by atoms with E-state index < -0.39 is 0 Å². The standard InChI is InChI=1S/C18H38N2O2/c1-4-19(10-6-7-11-19)14-15-21-16-17-22-18(3)20(5-2)12-8-9-13-20/h18H,4-17H2,1-3H3/q+2. The highest BCUT2D eigenvalue weighted by molar-refractivity contribution is 4.56. The third-order valence-electron chi connectivity index (χ3n) is 6.34. The Balaban J connectivity index is 1.57. The van der Waals surface area contributed by atoms with Gasteiger partial charge >= 0.3 is 0 Å². The maximum Gasteiger partial charge on any atom is 0.190 e. The van der Waals surface area contributed by atoms with Crippen molar-refractivity contribution in [1.29, 1.82) is 0 Å². The van der Waals surface area contributed by atoms with Crippen molar-refractivity contribution >= 4 is 0 Å². The highest BCUT2D eigenvalue weighted by Crippen LogP contribution is 2.24. The van der Waals surface area contributed by atoms with E-state index in [1.807, 2.05) is 0 Å². The van der Waals surface area contributed by atoms with Crippen LogP contribution in [0.15, 0.2) is 0 Å². The summed E-state index contributed by atoms with van der Waals surface area (Å²) in [7, 11) is 0. The number of rotatable bonds is 10. The molecule has 2 fully saturated rings. The average molecular weight is 315 g/mol. The second kappa shape index (κ2) is 8.62. The van der Waals surface area contributed by atoms with Gasteiger partial charge < -0.3 is 14.0 Å². The van der Waals surface area contributed by atoms with Gasteiger partial charge in [-0.1, -0.05) is 0 Å². The Morgan fingerprint density at radius 2 is 1.45 bits per heavy atom. The maximum atomic E-state index is 6.09. The van der Waals surface area contributed by atoms with Gasteiger partial charge in [0.05, 0.1) is 59.1 Å². The lowest BCUT2D eigenvalue weighted by Gasteiger charge is -2.38. The van der Waals surface area contributed by atoms with Crippen LogP contribution in [0.3, 0.4) is 0 Å². The monoisotopic (exact) mass is 314 g/mol. The summed E-state index contributed by atoms with van der Waals surface area (Å²) in [6, 6.07) is 0. The Morgan fingerprint density at radius 1 is 0.818 bits per heavy atom. The molecule has 2 heterocycles. The number of quaternary nitrogens is 2. The number of ether oxygens (including phenoxy) is 2. The molecule has 0 aromatic rings. The molecule has 0 N–H and O–H groups in total. The summed E-state index contributed by atoms with van der Waals surface area (Å²) in [5.41, 5.74) is 0. The van der Waals surface area contributed by atoms with Gasteiger partial charge in [-0.05, 0) is 13.8 Å². The topological polar surface area (TPSA) is 18.5 Å². The largest absolute Gasteiger partial charge is 0.373 e. The third kappa shape index (κ3) is 4.44. The van der Waals surface area contributed by atoms with E-state index in [4.69, 9.17) is 9.47 Å². The Hall–Kier alpha value is -0.160. The highest BCUT2D eigenvalue weighted by atomic mass is 16.5. The maximum absolute atomic E-state index is 6.09. The molecule has 2 aliphatic heterocycles. The molecule has 0 bridgehead atoms. The van der Waals surface area contributed by atoms with Crippen molar-refractivity contribution in [2.24, 2.45) is 0 Å². The SMILES string of the molecule is CC[N+]1(CCOCCOC(C)[N+]2(CC)CCCC2)CCCC1. The van der Waals surface area contributed by atoms with Crippen molar-refractivity contribution in [3.05, 3.63) is 0 Å². The molecule has 0 aromatic heterocycles. The number of hydrogen-bond acceptors (Lipinski definition) is 2. The lowest BCUT2D eigenvalue weighted by atomic mass is 10.3. The van der Waals surface area contributed by atoms with Crippen LogP contribution >= 0.6 is 0 Å². The summed E-state index contributed by atoms with van der Waals surface area (Å²) in [5, 5.41) is 0. The Labute approximate surface area is 137 Å².